The van der Waals surface area contributed by atoms with Gasteiger partial charge in [-0.15, -0.1) is 0 Å². The topological polar surface area (TPSA) is 91.3 Å². The molecule has 3 aromatic rings. The molecule has 6 nitrogen and oxygen atoms in total. The first-order valence-corrected chi connectivity index (χ1v) is 11.0. The van der Waals surface area contributed by atoms with E-state index in [9.17, 15) is 22.8 Å². The Morgan fingerprint density at radius 1 is 0.944 bits per heavy atom. The van der Waals surface area contributed by atoms with Crippen LogP contribution < -0.4 is 10.6 Å². The number of hydrogen-bond donors (Lipinski definition) is 3. The van der Waals surface area contributed by atoms with E-state index in [4.69, 9.17) is 21.7 Å². The number of nitrogens with one attached hydrogen (secondary N) is 3. The Balaban J connectivity index is 1.84. The highest BCUT2D eigenvalue weighted by Gasteiger charge is 2.33. The lowest BCUT2D eigenvalue weighted by Gasteiger charge is -2.15. The van der Waals surface area contributed by atoms with E-state index in [-0.39, 0.29) is 28.5 Å². The highest BCUT2D eigenvalue weighted by molar-refractivity contribution is 6.33. The average molecular weight is 516 g/mol. The summed E-state index contributed by atoms with van der Waals surface area (Å²) < 4.78 is 44.1. The molecule has 186 valence electrons. The molecule has 0 fully saturated rings. The highest BCUT2D eigenvalue weighted by atomic mass is 35.5. The van der Waals surface area contributed by atoms with Crippen molar-refractivity contribution in [2.45, 2.75) is 13.1 Å². The molecule has 0 aliphatic carbocycles. The Labute approximate surface area is 210 Å². The molecule has 1 amide bonds. The van der Waals surface area contributed by atoms with Crippen LogP contribution >= 0.6 is 11.6 Å². The number of para-hydroxylation sites is 1. The normalized spacial score (nSPS) is 11.5. The van der Waals surface area contributed by atoms with Crippen LogP contribution in [-0.2, 0) is 4.74 Å². The van der Waals surface area contributed by atoms with Gasteiger partial charge in [0, 0.05) is 16.9 Å². The maximum atomic E-state index is 13.0. The van der Waals surface area contributed by atoms with E-state index < -0.39 is 23.8 Å². The van der Waals surface area contributed by atoms with Crippen LogP contribution in [0.4, 0.5) is 24.5 Å². The fourth-order valence-electron chi connectivity index (χ4n) is 3.07. The van der Waals surface area contributed by atoms with Crippen molar-refractivity contribution in [2.24, 2.45) is 0 Å². The minimum atomic E-state index is -4.84. The lowest BCUT2D eigenvalue weighted by atomic mass is 10.1. The quantitative estimate of drug-likeness (QED) is 0.227. The maximum Gasteiger partial charge on any atom is 0.432 e. The number of rotatable bonds is 8. The second kappa shape index (κ2) is 11.5. The third-order valence-electron chi connectivity index (χ3n) is 4.83. The molecule has 3 aromatic carbocycles. The third kappa shape index (κ3) is 6.96. The van der Waals surface area contributed by atoms with Crippen molar-refractivity contribution in [3.05, 3.63) is 101 Å². The van der Waals surface area contributed by atoms with Crippen LogP contribution in [0.25, 0.3) is 5.70 Å². The minimum absolute atomic E-state index is 0.0282. The van der Waals surface area contributed by atoms with Crippen molar-refractivity contribution in [1.82, 2.24) is 0 Å². The van der Waals surface area contributed by atoms with Gasteiger partial charge in [-0.1, -0.05) is 41.9 Å². The van der Waals surface area contributed by atoms with Gasteiger partial charge < -0.3 is 15.4 Å². The van der Waals surface area contributed by atoms with Gasteiger partial charge in [-0.2, -0.15) is 13.2 Å². The van der Waals surface area contributed by atoms with Gasteiger partial charge in [0.25, 0.3) is 5.91 Å². The lowest BCUT2D eigenvalue weighted by molar-refractivity contribution is -0.0584. The van der Waals surface area contributed by atoms with Crippen molar-refractivity contribution in [3.8, 4) is 0 Å². The molecule has 0 saturated heterocycles. The fourth-order valence-corrected chi connectivity index (χ4v) is 3.25. The number of carbonyl (C=O) groups excluding carboxylic acids is 2. The van der Waals surface area contributed by atoms with Crippen molar-refractivity contribution in [3.63, 3.8) is 0 Å². The number of ether oxygens (including phenoxy) is 1. The van der Waals surface area contributed by atoms with Crippen LogP contribution in [0.5, 0.6) is 0 Å². The molecule has 0 aliphatic rings. The van der Waals surface area contributed by atoms with Crippen LogP contribution in [0, 0.1) is 5.41 Å². The summed E-state index contributed by atoms with van der Waals surface area (Å²) in [6.45, 7) is 1.90. The summed E-state index contributed by atoms with van der Waals surface area (Å²) in [4.78, 5) is 24.6. The van der Waals surface area contributed by atoms with E-state index in [1.165, 1.54) is 30.3 Å². The van der Waals surface area contributed by atoms with Crippen LogP contribution in [0.1, 0.15) is 33.2 Å². The highest BCUT2D eigenvalue weighted by Crippen LogP contribution is 2.27. The van der Waals surface area contributed by atoms with E-state index in [0.717, 1.165) is 0 Å². The Morgan fingerprint density at radius 2 is 1.61 bits per heavy atom. The predicted octanol–water partition coefficient (Wildman–Crippen LogP) is 6.80. The van der Waals surface area contributed by atoms with Crippen LogP contribution in [0.2, 0.25) is 5.02 Å². The van der Waals surface area contributed by atoms with Gasteiger partial charge in [0.15, 0.2) is 0 Å². The summed E-state index contributed by atoms with van der Waals surface area (Å²) in [7, 11) is 0. The van der Waals surface area contributed by atoms with E-state index in [2.05, 4.69) is 10.6 Å². The zero-order valence-electron chi connectivity index (χ0n) is 18.9. The number of benzene rings is 3. The van der Waals surface area contributed by atoms with Crippen molar-refractivity contribution >= 4 is 46.3 Å². The van der Waals surface area contributed by atoms with E-state index in [1.807, 2.05) is 0 Å². The first-order valence-electron chi connectivity index (χ1n) is 10.7. The van der Waals surface area contributed by atoms with Gasteiger partial charge >= 0.3 is 12.1 Å². The number of alkyl halides is 3. The molecule has 3 N–H and O–H groups in total. The number of allylic oxidation sites excluding steroid dienone is 1. The standard InChI is InChI=1S/C26H21ClF3N3O3/c1-2-36-25(35)18-6-5-7-19(14-18)32-24(34)17-12-10-16(11-13-17)22(15-23(31)26(28,29)30)33-21-9-4-3-8-20(21)27/h3-15,31,33H,2H2,1H3,(H,32,34)/b22-15-,31-23?. The molecular weight excluding hydrogens is 495 g/mol. The van der Waals surface area contributed by atoms with Gasteiger partial charge in [-0.25, -0.2) is 4.79 Å². The summed E-state index contributed by atoms with van der Waals surface area (Å²) in [5.74, 6) is -1.01. The SMILES string of the molecule is CCOC(=O)c1cccc(NC(=O)c2ccc(/C(=C/C(=N)C(F)(F)F)Nc3ccccc3Cl)cc2)c1. The molecule has 0 aliphatic heterocycles. The Morgan fingerprint density at radius 3 is 2.25 bits per heavy atom. The first kappa shape index (κ1) is 26.5. The summed E-state index contributed by atoms with van der Waals surface area (Å²) in [6.07, 6.45) is -4.19. The van der Waals surface area contributed by atoms with Gasteiger partial charge in [-0.3, -0.25) is 10.2 Å². The smallest absolute Gasteiger partial charge is 0.432 e. The average Bonchev–Trinajstić information content (AvgIpc) is 2.84. The number of anilines is 2. The predicted molar refractivity (Wildman–Crippen MR) is 134 cm³/mol. The summed E-state index contributed by atoms with van der Waals surface area (Å²) in [5, 5.41) is 13.2. The molecule has 0 aromatic heterocycles. The monoisotopic (exact) mass is 515 g/mol. The Hall–Kier alpha value is -4.11. The van der Waals surface area contributed by atoms with Crippen molar-refractivity contribution in [1.29, 1.82) is 5.41 Å². The number of esters is 1. The molecular formula is C26H21ClF3N3O3. The third-order valence-corrected chi connectivity index (χ3v) is 5.16. The molecule has 0 heterocycles. The summed E-state index contributed by atoms with van der Waals surface area (Å²) in [6, 6.07) is 18.5. The minimum Gasteiger partial charge on any atom is -0.462 e. The van der Waals surface area contributed by atoms with Crippen molar-refractivity contribution < 1.29 is 27.5 Å². The van der Waals surface area contributed by atoms with Crippen LogP contribution in [-0.4, -0.2) is 30.4 Å². The molecule has 0 bridgehead atoms. The Kier molecular flexibility index (Phi) is 8.50. The fraction of sp³-hybridized carbons (Fsp3) is 0.115. The zero-order valence-corrected chi connectivity index (χ0v) is 19.7. The van der Waals surface area contributed by atoms with Gasteiger partial charge in [0.1, 0.15) is 5.71 Å². The maximum absolute atomic E-state index is 13.0. The number of amides is 1. The number of hydrogen-bond acceptors (Lipinski definition) is 5. The van der Waals surface area contributed by atoms with E-state index in [1.54, 1.807) is 49.4 Å². The molecule has 36 heavy (non-hydrogen) atoms. The number of carbonyl (C=O) groups is 2. The molecule has 3 rings (SSSR count). The molecule has 0 spiro atoms. The Bertz CT molecular complexity index is 1310. The van der Waals surface area contributed by atoms with Gasteiger partial charge in [0.05, 0.1) is 22.9 Å². The largest absolute Gasteiger partial charge is 0.462 e. The zero-order chi connectivity index (χ0) is 26.3. The van der Waals surface area contributed by atoms with Crippen LogP contribution in [0.15, 0.2) is 78.9 Å². The molecule has 0 radical (unpaired) electrons. The second-order valence-electron chi connectivity index (χ2n) is 7.41. The summed E-state index contributed by atoms with van der Waals surface area (Å²) in [5.41, 5.74) is -0.0663. The first-order chi connectivity index (χ1) is 17.1. The molecule has 0 atom stereocenters. The van der Waals surface area contributed by atoms with E-state index >= 15 is 0 Å². The van der Waals surface area contributed by atoms with Crippen LogP contribution in [0.3, 0.4) is 0 Å². The van der Waals surface area contributed by atoms with Gasteiger partial charge in [0.2, 0.25) is 0 Å². The molecule has 0 saturated carbocycles. The van der Waals surface area contributed by atoms with Gasteiger partial charge in [-0.05, 0) is 61.0 Å². The lowest BCUT2D eigenvalue weighted by Crippen LogP contribution is -2.20. The van der Waals surface area contributed by atoms with Crippen molar-refractivity contribution in [2.75, 3.05) is 17.2 Å². The molecule has 0 unspecified atom stereocenters. The second-order valence-corrected chi connectivity index (χ2v) is 7.81. The summed E-state index contributed by atoms with van der Waals surface area (Å²) >= 11 is 6.13. The number of halogens is 4. The molecule has 10 heteroatoms. The van der Waals surface area contributed by atoms with E-state index in [0.29, 0.717) is 23.0 Å².